The number of amides is 2. The first-order valence-corrected chi connectivity index (χ1v) is 8.69. The van der Waals surface area contributed by atoms with E-state index in [2.05, 4.69) is 4.98 Å². The van der Waals surface area contributed by atoms with Crippen LogP contribution < -0.4 is 9.64 Å². The van der Waals surface area contributed by atoms with Gasteiger partial charge in [-0.1, -0.05) is 12.1 Å². The lowest BCUT2D eigenvalue weighted by atomic mass is 10.1. The van der Waals surface area contributed by atoms with E-state index in [-0.39, 0.29) is 24.5 Å². The molecule has 1 aromatic heterocycles. The number of aromatic nitrogens is 1. The molecule has 2 aliphatic heterocycles. The van der Waals surface area contributed by atoms with E-state index in [0.717, 1.165) is 30.8 Å². The fourth-order valence-electron chi connectivity index (χ4n) is 3.69. The van der Waals surface area contributed by atoms with Crippen molar-refractivity contribution in [3.05, 3.63) is 48.3 Å². The molecule has 6 heteroatoms. The zero-order valence-electron chi connectivity index (χ0n) is 14.0. The number of carbonyl (C=O) groups excluding carboxylic acids is 2. The third-order valence-electron chi connectivity index (χ3n) is 4.91. The maximum Gasteiger partial charge on any atom is 0.265 e. The first-order valence-electron chi connectivity index (χ1n) is 8.69. The summed E-state index contributed by atoms with van der Waals surface area (Å²) in [5.41, 5.74) is 1.83. The van der Waals surface area contributed by atoms with E-state index in [1.54, 1.807) is 4.90 Å². The van der Waals surface area contributed by atoms with E-state index in [9.17, 15) is 9.59 Å². The predicted octanol–water partition coefficient (Wildman–Crippen LogP) is 2.49. The lowest BCUT2D eigenvalue weighted by Crippen LogP contribution is -2.41. The van der Waals surface area contributed by atoms with E-state index in [0.29, 0.717) is 18.7 Å². The minimum atomic E-state index is -0.103. The summed E-state index contributed by atoms with van der Waals surface area (Å²) < 4.78 is 5.45. The molecule has 2 aliphatic rings. The Balaban J connectivity index is 1.44. The fourth-order valence-corrected chi connectivity index (χ4v) is 3.69. The van der Waals surface area contributed by atoms with Crippen molar-refractivity contribution < 1.29 is 14.3 Å². The molecular weight excluding hydrogens is 318 g/mol. The number of H-pyrrole nitrogens is 1. The number of hydrogen-bond donors (Lipinski definition) is 1. The minimum Gasteiger partial charge on any atom is -0.482 e. The van der Waals surface area contributed by atoms with Crippen molar-refractivity contribution in [3.63, 3.8) is 0 Å². The number of ether oxygens (including phenoxy) is 1. The molecule has 1 unspecified atom stereocenters. The first-order chi connectivity index (χ1) is 12.2. The number of fused-ring (bicyclic) bond motifs is 1. The monoisotopic (exact) mass is 339 g/mol. The van der Waals surface area contributed by atoms with Gasteiger partial charge in [-0.2, -0.15) is 0 Å². The highest BCUT2D eigenvalue weighted by atomic mass is 16.5. The molecular formula is C19H21N3O3. The molecule has 0 spiro atoms. The average molecular weight is 339 g/mol. The predicted molar refractivity (Wildman–Crippen MR) is 93.4 cm³/mol. The Morgan fingerprint density at radius 1 is 1.24 bits per heavy atom. The van der Waals surface area contributed by atoms with Crippen LogP contribution in [0.3, 0.4) is 0 Å². The molecule has 3 heterocycles. The summed E-state index contributed by atoms with van der Waals surface area (Å²) >= 11 is 0. The molecule has 2 aromatic rings. The molecule has 6 nitrogen and oxygen atoms in total. The smallest absolute Gasteiger partial charge is 0.265 e. The van der Waals surface area contributed by atoms with Crippen molar-refractivity contribution in [2.24, 2.45) is 0 Å². The van der Waals surface area contributed by atoms with Gasteiger partial charge in [-0.3, -0.25) is 9.59 Å². The summed E-state index contributed by atoms with van der Waals surface area (Å²) in [6.45, 7) is 1.18. The summed E-state index contributed by atoms with van der Waals surface area (Å²) in [4.78, 5) is 31.8. The van der Waals surface area contributed by atoms with Crippen LogP contribution in [0.1, 0.15) is 31.0 Å². The molecule has 1 aromatic carbocycles. The van der Waals surface area contributed by atoms with Gasteiger partial charge in [-0.05, 0) is 37.1 Å². The number of para-hydroxylation sites is 2. The Kier molecular flexibility index (Phi) is 4.17. The highest BCUT2D eigenvalue weighted by molar-refractivity contribution is 5.98. The van der Waals surface area contributed by atoms with Crippen LogP contribution in [0.2, 0.25) is 0 Å². The van der Waals surface area contributed by atoms with Crippen molar-refractivity contribution >= 4 is 17.5 Å². The Labute approximate surface area is 146 Å². The zero-order chi connectivity index (χ0) is 17.2. The van der Waals surface area contributed by atoms with E-state index >= 15 is 0 Å². The van der Waals surface area contributed by atoms with Crippen molar-refractivity contribution in [1.82, 2.24) is 9.88 Å². The lowest BCUT2D eigenvalue weighted by Gasteiger charge is -2.30. The van der Waals surface area contributed by atoms with Crippen LogP contribution in [0.4, 0.5) is 5.69 Å². The number of carbonyl (C=O) groups is 2. The van der Waals surface area contributed by atoms with Crippen LogP contribution >= 0.6 is 0 Å². The largest absolute Gasteiger partial charge is 0.482 e. The summed E-state index contributed by atoms with van der Waals surface area (Å²) in [5, 5.41) is 0. The maximum absolute atomic E-state index is 12.8. The van der Waals surface area contributed by atoms with Crippen LogP contribution in [0.25, 0.3) is 0 Å². The van der Waals surface area contributed by atoms with Crippen molar-refractivity contribution in [2.75, 3.05) is 24.6 Å². The van der Waals surface area contributed by atoms with E-state index < -0.39 is 0 Å². The van der Waals surface area contributed by atoms with Gasteiger partial charge in [0, 0.05) is 31.4 Å². The molecule has 2 amide bonds. The van der Waals surface area contributed by atoms with Gasteiger partial charge in [-0.25, -0.2) is 0 Å². The molecule has 130 valence electrons. The topological polar surface area (TPSA) is 65.6 Å². The average Bonchev–Trinajstić information content (AvgIpc) is 3.31. The highest BCUT2D eigenvalue weighted by Crippen LogP contribution is 2.33. The Morgan fingerprint density at radius 2 is 2.12 bits per heavy atom. The normalized spacial score (nSPS) is 19.7. The molecule has 25 heavy (non-hydrogen) atoms. The number of aromatic amines is 1. The highest BCUT2D eigenvalue weighted by Gasteiger charge is 2.31. The summed E-state index contributed by atoms with van der Waals surface area (Å²) in [6.07, 6.45) is 4.19. The molecule has 1 saturated heterocycles. The van der Waals surface area contributed by atoms with Gasteiger partial charge < -0.3 is 19.5 Å². The van der Waals surface area contributed by atoms with Crippen molar-refractivity contribution in [2.45, 2.75) is 25.3 Å². The second-order valence-electron chi connectivity index (χ2n) is 6.42. The van der Waals surface area contributed by atoms with E-state index in [1.165, 1.54) is 0 Å². The number of nitrogens with zero attached hydrogens (tertiary/aromatic N) is 2. The fraction of sp³-hybridized carbons (Fsp3) is 0.368. The summed E-state index contributed by atoms with van der Waals surface area (Å²) in [5.74, 6) is 0.683. The van der Waals surface area contributed by atoms with Gasteiger partial charge in [0.25, 0.3) is 5.91 Å². The lowest BCUT2D eigenvalue weighted by molar-refractivity contribution is -0.132. The number of rotatable bonds is 4. The molecule has 4 rings (SSSR count). The molecule has 1 N–H and O–H groups in total. The van der Waals surface area contributed by atoms with Gasteiger partial charge in [0.1, 0.15) is 5.75 Å². The summed E-state index contributed by atoms with van der Waals surface area (Å²) in [7, 11) is 0. The molecule has 0 aliphatic carbocycles. The third-order valence-corrected chi connectivity index (χ3v) is 4.91. The van der Waals surface area contributed by atoms with Crippen molar-refractivity contribution in [1.29, 1.82) is 0 Å². The van der Waals surface area contributed by atoms with Crippen LogP contribution in [0, 0.1) is 0 Å². The number of nitrogens with one attached hydrogen (secondary N) is 1. The molecule has 1 fully saturated rings. The first kappa shape index (κ1) is 15.7. The number of likely N-dealkylation sites (tertiary alicyclic amines) is 1. The van der Waals surface area contributed by atoms with Gasteiger partial charge in [-0.15, -0.1) is 0 Å². The molecule has 1 atom stereocenters. The van der Waals surface area contributed by atoms with Crippen LogP contribution in [-0.4, -0.2) is 41.4 Å². The van der Waals surface area contributed by atoms with Gasteiger partial charge in [0.05, 0.1) is 11.7 Å². The van der Waals surface area contributed by atoms with E-state index in [1.807, 2.05) is 47.5 Å². The summed E-state index contributed by atoms with van der Waals surface area (Å²) in [6, 6.07) is 11.6. The zero-order valence-corrected chi connectivity index (χ0v) is 14.0. The van der Waals surface area contributed by atoms with Gasteiger partial charge >= 0.3 is 0 Å². The Hall–Kier alpha value is -2.76. The van der Waals surface area contributed by atoms with Crippen LogP contribution in [0.15, 0.2) is 42.6 Å². The second-order valence-corrected chi connectivity index (χ2v) is 6.42. The number of hydrogen-bond acceptors (Lipinski definition) is 3. The maximum atomic E-state index is 12.8. The van der Waals surface area contributed by atoms with E-state index in [4.69, 9.17) is 4.74 Å². The number of anilines is 1. The van der Waals surface area contributed by atoms with Crippen molar-refractivity contribution in [3.8, 4) is 5.75 Å². The molecule has 0 saturated carbocycles. The third kappa shape index (κ3) is 2.99. The molecule has 0 radical (unpaired) electrons. The SMILES string of the molecule is O=C1COc2ccccc2N1CCC(=O)N1CCCC1c1ccc[nH]1. The van der Waals surface area contributed by atoms with Crippen LogP contribution in [0.5, 0.6) is 5.75 Å². The minimum absolute atomic E-state index is 0.0278. The van der Waals surface area contributed by atoms with Gasteiger partial charge in [0.15, 0.2) is 6.61 Å². The second kappa shape index (κ2) is 6.63. The Morgan fingerprint density at radius 3 is 2.96 bits per heavy atom. The van der Waals surface area contributed by atoms with Gasteiger partial charge in [0.2, 0.25) is 5.91 Å². The van der Waals surface area contributed by atoms with Crippen LogP contribution in [-0.2, 0) is 9.59 Å². The molecule has 0 bridgehead atoms. The quantitative estimate of drug-likeness (QED) is 0.931. The Bertz CT molecular complexity index is 772. The standard InChI is InChI=1S/C19H21N3O3/c23-18(21-11-4-7-15(21)14-5-3-10-20-14)9-12-22-16-6-1-2-8-17(16)25-13-19(22)24/h1-3,5-6,8,10,15,20H,4,7,9,11-13H2. The number of benzene rings is 1.